The Morgan fingerprint density at radius 1 is 1.53 bits per heavy atom. The molecule has 0 saturated carbocycles. The van der Waals surface area contributed by atoms with E-state index in [0.29, 0.717) is 17.5 Å². The Labute approximate surface area is 89.3 Å². The lowest BCUT2D eigenvalue weighted by Gasteiger charge is -2.01. The Bertz CT molecular complexity index is 449. The molecule has 0 spiro atoms. The van der Waals surface area contributed by atoms with E-state index in [1.54, 1.807) is 0 Å². The number of carbonyl (C=O) groups is 1. The van der Waals surface area contributed by atoms with Crippen LogP contribution in [-0.4, -0.2) is 11.2 Å². The van der Waals surface area contributed by atoms with Crippen molar-refractivity contribution in [2.75, 3.05) is 5.43 Å². The van der Waals surface area contributed by atoms with Crippen molar-refractivity contribution >= 4 is 29.3 Å². The second-order valence-electron chi connectivity index (χ2n) is 3.03. The van der Waals surface area contributed by atoms with Crippen molar-refractivity contribution in [2.45, 2.75) is 6.04 Å². The molecule has 0 bridgehead atoms. The number of hydrazine groups is 1. The summed E-state index contributed by atoms with van der Waals surface area (Å²) in [6, 6.07) is 2.14. The lowest BCUT2D eigenvalue weighted by molar-refractivity contribution is -0.384. The van der Waals surface area contributed by atoms with Gasteiger partial charge in [-0.1, -0.05) is 11.6 Å². The fraction of sp³-hybridized carbons (Fsp3) is 0.125. The maximum Gasteiger partial charge on any atom is 0.288 e. The van der Waals surface area contributed by atoms with Crippen LogP contribution in [0.1, 0.15) is 11.6 Å². The highest BCUT2D eigenvalue weighted by Gasteiger charge is 2.26. The molecule has 2 rings (SSSR count). The van der Waals surface area contributed by atoms with E-state index >= 15 is 0 Å². The van der Waals surface area contributed by atoms with Crippen molar-refractivity contribution in [3.63, 3.8) is 0 Å². The molecule has 1 aromatic rings. The van der Waals surface area contributed by atoms with Gasteiger partial charge in [0.1, 0.15) is 17.4 Å². The molecule has 2 N–H and O–H groups in total. The highest BCUT2D eigenvalue weighted by molar-refractivity contribution is 6.33. The highest BCUT2D eigenvalue weighted by atomic mass is 35.5. The normalized spacial score (nSPS) is 18.1. The van der Waals surface area contributed by atoms with Gasteiger partial charge in [0.15, 0.2) is 0 Å². The van der Waals surface area contributed by atoms with Gasteiger partial charge in [-0.3, -0.25) is 10.1 Å². The number of halogens is 1. The Morgan fingerprint density at radius 3 is 2.87 bits per heavy atom. The molecule has 1 atom stereocenters. The summed E-state index contributed by atoms with van der Waals surface area (Å²) in [6.45, 7) is 0. The molecule has 0 radical (unpaired) electrons. The molecule has 6 nitrogen and oxygen atoms in total. The van der Waals surface area contributed by atoms with Gasteiger partial charge < -0.3 is 10.2 Å². The summed E-state index contributed by atoms with van der Waals surface area (Å²) in [5, 5.41) is 10.6. The quantitative estimate of drug-likeness (QED) is 0.453. The zero-order valence-corrected chi connectivity index (χ0v) is 8.12. The lowest BCUT2D eigenvalue weighted by atomic mass is 10.1. The minimum absolute atomic E-state index is 0.0413. The number of anilines is 1. The number of hydrogen-bond donors (Lipinski definition) is 2. The van der Waals surface area contributed by atoms with E-state index in [1.807, 2.05) is 0 Å². The summed E-state index contributed by atoms with van der Waals surface area (Å²) >= 11 is 5.70. The predicted molar refractivity (Wildman–Crippen MR) is 53.7 cm³/mol. The van der Waals surface area contributed by atoms with E-state index in [2.05, 4.69) is 10.9 Å². The molecule has 0 aliphatic carbocycles. The Balaban J connectivity index is 2.56. The number of nitro benzene ring substituents is 1. The van der Waals surface area contributed by atoms with Crippen LogP contribution in [0.5, 0.6) is 0 Å². The van der Waals surface area contributed by atoms with E-state index in [0.717, 1.165) is 0 Å². The van der Waals surface area contributed by atoms with E-state index in [1.165, 1.54) is 12.1 Å². The van der Waals surface area contributed by atoms with Crippen LogP contribution < -0.4 is 10.9 Å². The SMILES string of the molecule is O=CC1NNc2cc(Cl)c([N+](=O)[O-])cc21. The maximum absolute atomic E-state index is 10.6. The Morgan fingerprint density at radius 2 is 2.27 bits per heavy atom. The molecule has 1 unspecified atom stereocenters. The fourth-order valence-corrected chi connectivity index (χ4v) is 1.66. The summed E-state index contributed by atoms with van der Waals surface area (Å²) in [4.78, 5) is 20.7. The standard InChI is InChI=1S/C8H6ClN3O3/c9-5-2-6-4(1-8(5)12(14)15)7(3-13)11-10-6/h1-3,7,10-11H. The van der Waals surface area contributed by atoms with Crippen molar-refractivity contribution in [3.8, 4) is 0 Å². The van der Waals surface area contributed by atoms with Crippen LogP contribution in [0.4, 0.5) is 11.4 Å². The molecule has 78 valence electrons. The Kier molecular flexibility index (Phi) is 2.29. The Hall–Kier alpha value is -1.66. The first kappa shape index (κ1) is 9.88. The van der Waals surface area contributed by atoms with Gasteiger partial charge in [-0.05, 0) is 6.07 Å². The van der Waals surface area contributed by atoms with E-state index in [-0.39, 0.29) is 10.7 Å². The third kappa shape index (κ3) is 1.53. The third-order valence-corrected chi connectivity index (χ3v) is 2.45. The molecular formula is C8H6ClN3O3. The first-order valence-electron chi connectivity index (χ1n) is 4.08. The summed E-state index contributed by atoms with van der Waals surface area (Å²) in [7, 11) is 0. The highest BCUT2D eigenvalue weighted by Crippen LogP contribution is 2.35. The second kappa shape index (κ2) is 3.48. The predicted octanol–water partition coefficient (Wildman–Crippen LogP) is 1.42. The van der Waals surface area contributed by atoms with Crippen LogP contribution >= 0.6 is 11.6 Å². The molecule has 1 aliphatic rings. The van der Waals surface area contributed by atoms with Gasteiger partial charge in [-0.15, -0.1) is 0 Å². The van der Waals surface area contributed by atoms with Gasteiger partial charge in [0.05, 0.1) is 10.6 Å². The molecule has 0 aromatic heterocycles. The first-order chi connectivity index (χ1) is 7.13. The van der Waals surface area contributed by atoms with Gasteiger partial charge in [-0.25, -0.2) is 5.43 Å². The number of carbonyl (C=O) groups excluding carboxylic acids is 1. The monoisotopic (exact) mass is 227 g/mol. The summed E-state index contributed by atoms with van der Waals surface area (Å²) in [5.74, 6) is 0. The molecule has 1 aliphatic heterocycles. The molecule has 15 heavy (non-hydrogen) atoms. The minimum atomic E-state index is -0.581. The molecule has 0 fully saturated rings. The number of nitro groups is 1. The fourth-order valence-electron chi connectivity index (χ4n) is 1.42. The molecule has 0 amide bonds. The lowest BCUT2D eigenvalue weighted by Crippen LogP contribution is -2.19. The van der Waals surface area contributed by atoms with E-state index in [9.17, 15) is 14.9 Å². The number of fused-ring (bicyclic) bond motifs is 1. The molecule has 1 heterocycles. The average Bonchev–Trinajstić information content (AvgIpc) is 2.58. The van der Waals surface area contributed by atoms with Crippen molar-refractivity contribution < 1.29 is 9.72 Å². The second-order valence-corrected chi connectivity index (χ2v) is 3.44. The van der Waals surface area contributed by atoms with Gasteiger partial charge in [0.25, 0.3) is 5.69 Å². The van der Waals surface area contributed by atoms with Gasteiger partial charge >= 0.3 is 0 Å². The van der Waals surface area contributed by atoms with Crippen LogP contribution in [0.3, 0.4) is 0 Å². The molecule has 7 heteroatoms. The van der Waals surface area contributed by atoms with Gasteiger partial charge in [-0.2, -0.15) is 0 Å². The average molecular weight is 228 g/mol. The van der Waals surface area contributed by atoms with Crippen molar-refractivity contribution in [1.82, 2.24) is 5.43 Å². The molecule has 0 saturated heterocycles. The molecular weight excluding hydrogens is 222 g/mol. The smallest absolute Gasteiger partial charge is 0.288 e. The van der Waals surface area contributed by atoms with Crippen molar-refractivity contribution in [1.29, 1.82) is 0 Å². The van der Waals surface area contributed by atoms with Crippen molar-refractivity contribution in [3.05, 3.63) is 32.8 Å². The largest absolute Gasteiger partial charge is 0.320 e. The summed E-state index contributed by atoms with van der Waals surface area (Å²) in [5.41, 5.74) is 6.30. The summed E-state index contributed by atoms with van der Waals surface area (Å²) < 4.78 is 0. The van der Waals surface area contributed by atoms with Crippen LogP contribution in [-0.2, 0) is 4.79 Å². The topological polar surface area (TPSA) is 84.3 Å². The zero-order valence-electron chi connectivity index (χ0n) is 7.36. The number of benzene rings is 1. The van der Waals surface area contributed by atoms with E-state index in [4.69, 9.17) is 11.6 Å². The zero-order chi connectivity index (χ0) is 11.0. The van der Waals surface area contributed by atoms with Crippen LogP contribution in [0, 0.1) is 10.1 Å². The molecule has 1 aromatic carbocycles. The maximum atomic E-state index is 10.6. The van der Waals surface area contributed by atoms with Gasteiger partial charge in [0, 0.05) is 11.6 Å². The number of hydrogen-bond acceptors (Lipinski definition) is 5. The number of aldehydes is 1. The number of nitrogens with one attached hydrogen (secondary N) is 2. The van der Waals surface area contributed by atoms with Crippen LogP contribution in [0.25, 0.3) is 0 Å². The van der Waals surface area contributed by atoms with Crippen LogP contribution in [0.2, 0.25) is 5.02 Å². The van der Waals surface area contributed by atoms with Gasteiger partial charge in [0.2, 0.25) is 0 Å². The summed E-state index contributed by atoms with van der Waals surface area (Å²) in [6.07, 6.45) is 0.663. The minimum Gasteiger partial charge on any atom is -0.320 e. The third-order valence-electron chi connectivity index (χ3n) is 2.15. The van der Waals surface area contributed by atoms with Crippen LogP contribution in [0.15, 0.2) is 12.1 Å². The first-order valence-corrected chi connectivity index (χ1v) is 4.46. The number of nitrogens with zero attached hydrogens (tertiary/aromatic N) is 1. The van der Waals surface area contributed by atoms with E-state index < -0.39 is 11.0 Å². The van der Waals surface area contributed by atoms with Crippen molar-refractivity contribution in [2.24, 2.45) is 0 Å². The number of rotatable bonds is 2.